The molecule has 0 bridgehead atoms. The van der Waals surface area contributed by atoms with E-state index in [4.69, 9.17) is 0 Å². The summed E-state index contributed by atoms with van der Waals surface area (Å²) in [7, 11) is 0. The van der Waals surface area contributed by atoms with Crippen LogP contribution in [0.25, 0.3) is 0 Å². The van der Waals surface area contributed by atoms with Gasteiger partial charge in [0.1, 0.15) is 0 Å². The van der Waals surface area contributed by atoms with E-state index in [2.05, 4.69) is 34.3 Å². The summed E-state index contributed by atoms with van der Waals surface area (Å²) in [5, 5.41) is 0. The molecule has 1 unspecified atom stereocenters. The summed E-state index contributed by atoms with van der Waals surface area (Å²) in [5.41, 5.74) is 1.43. The van der Waals surface area contributed by atoms with Crippen LogP contribution in [0.3, 0.4) is 0 Å². The molecular formula is C11H22. The fourth-order valence-electron chi connectivity index (χ4n) is 1.10. The number of allylic oxidation sites excluding steroid dienone is 1. The van der Waals surface area contributed by atoms with Crippen LogP contribution in [-0.4, -0.2) is 0 Å². The SMILES string of the molecule is C=C(CCCC)C(C)C(C)C. The van der Waals surface area contributed by atoms with Crippen LogP contribution in [0.15, 0.2) is 12.2 Å². The van der Waals surface area contributed by atoms with Crippen LogP contribution in [-0.2, 0) is 0 Å². The molecule has 0 aromatic heterocycles. The molecule has 0 N–H and O–H groups in total. The third-order valence-corrected chi connectivity index (χ3v) is 2.50. The van der Waals surface area contributed by atoms with Gasteiger partial charge in [-0.05, 0) is 24.7 Å². The van der Waals surface area contributed by atoms with Crippen molar-refractivity contribution in [3.63, 3.8) is 0 Å². The van der Waals surface area contributed by atoms with Gasteiger partial charge in [-0.3, -0.25) is 0 Å². The number of hydrogen-bond acceptors (Lipinski definition) is 0. The minimum absolute atomic E-state index is 0.696. The maximum atomic E-state index is 4.11. The molecule has 0 saturated carbocycles. The summed E-state index contributed by atoms with van der Waals surface area (Å²) in [6.45, 7) is 13.2. The van der Waals surface area contributed by atoms with E-state index in [1.54, 1.807) is 0 Å². The molecule has 0 aromatic carbocycles. The van der Waals surface area contributed by atoms with Crippen molar-refractivity contribution < 1.29 is 0 Å². The lowest BCUT2D eigenvalue weighted by molar-refractivity contribution is 0.464. The molecule has 0 aliphatic rings. The Labute approximate surface area is 71.7 Å². The van der Waals surface area contributed by atoms with E-state index in [9.17, 15) is 0 Å². The molecule has 0 radical (unpaired) electrons. The van der Waals surface area contributed by atoms with Crippen LogP contribution in [0.1, 0.15) is 47.0 Å². The zero-order chi connectivity index (χ0) is 8.85. The quantitative estimate of drug-likeness (QED) is 0.524. The van der Waals surface area contributed by atoms with Crippen LogP contribution in [0, 0.1) is 11.8 Å². The van der Waals surface area contributed by atoms with E-state index in [-0.39, 0.29) is 0 Å². The van der Waals surface area contributed by atoms with Gasteiger partial charge in [-0.2, -0.15) is 0 Å². The Bertz CT molecular complexity index is 111. The summed E-state index contributed by atoms with van der Waals surface area (Å²) in [6.07, 6.45) is 3.80. The van der Waals surface area contributed by atoms with Gasteiger partial charge in [-0.1, -0.05) is 46.3 Å². The number of hydrogen-bond donors (Lipinski definition) is 0. The molecule has 0 rings (SSSR count). The lowest BCUT2D eigenvalue weighted by Crippen LogP contribution is -2.06. The van der Waals surface area contributed by atoms with Crippen LogP contribution in [0.2, 0.25) is 0 Å². The van der Waals surface area contributed by atoms with Gasteiger partial charge in [0.05, 0.1) is 0 Å². The molecule has 0 aromatic rings. The van der Waals surface area contributed by atoms with E-state index >= 15 is 0 Å². The van der Waals surface area contributed by atoms with Crippen molar-refractivity contribution in [1.29, 1.82) is 0 Å². The second kappa shape index (κ2) is 5.40. The third-order valence-electron chi connectivity index (χ3n) is 2.50. The zero-order valence-electron chi connectivity index (χ0n) is 8.48. The lowest BCUT2D eigenvalue weighted by Gasteiger charge is -2.17. The van der Waals surface area contributed by atoms with Crippen LogP contribution >= 0.6 is 0 Å². The van der Waals surface area contributed by atoms with Crippen molar-refractivity contribution in [2.24, 2.45) is 11.8 Å². The first kappa shape index (κ1) is 10.7. The molecule has 0 amide bonds. The predicted molar refractivity (Wildman–Crippen MR) is 52.7 cm³/mol. The van der Waals surface area contributed by atoms with Crippen molar-refractivity contribution >= 4 is 0 Å². The average molecular weight is 154 g/mol. The van der Waals surface area contributed by atoms with Gasteiger partial charge in [0.25, 0.3) is 0 Å². The van der Waals surface area contributed by atoms with Crippen LogP contribution in [0.4, 0.5) is 0 Å². The van der Waals surface area contributed by atoms with E-state index in [0.717, 1.165) is 5.92 Å². The van der Waals surface area contributed by atoms with Gasteiger partial charge in [-0.25, -0.2) is 0 Å². The Morgan fingerprint density at radius 2 is 1.82 bits per heavy atom. The molecule has 0 aliphatic heterocycles. The Morgan fingerprint density at radius 1 is 1.27 bits per heavy atom. The molecule has 0 fully saturated rings. The molecule has 0 saturated heterocycles. The smallest absolute Gasteiger partial charge is 0.0211 e. The summed E-state index contributed by atoms with van der Waals surface area (Å²) in [6, 6.07) is 0. The van der Waals surface area contributed by atoms with Gasteiger partial charge in [0.15, 0.2) is 0 Å². The highest BCUT2D eigenvalue weighted by Gasteiger charge is 2.09. The Hall–Kier alpha value is -0.260. The second-order valence-electron chi connectivity index (χ2n) is 3.79. The van der Waals surface area contributed by atoms with Crippen molar-refractivity contribution in [2.45, 2.75) is 47.0 Å². The molecule has 0 spiro atoms. The van der Waals surface area contributed by atoms with E-state index < -0.39 is 0 Å². The lowest BCUT2D eigenvalue weighted by atomic mass is 9.88. The first-order valence-electron chi connectivity index (χ1n) is 4.77. The van der Waals surface area contributed by atoms with Gasteiger partial charge in [-0.15, -0.1) is 0 Å². The summed E-state index contributed by atoms with van der Waals surface area (Å²) >= 11 is 0. The first-order valence-corrected chi connectivity index (χ1v) is 4.77. The zero-order valence-corrected chi connectivity index (χ0v) is 8.48. The number of unbranched alkanes of at least 4 members (excludes halogenated alkanes) is 1. The van der Waals surface area contributed by atoms with Crippen LogP contribution < -0.4 is 0 Å². The molecule has 0 nitrogen and oxygen atoms in total. The molecule has 1 atom stereocenters. The monoisotopic (exact) mass is 154 g/mol. The number of rotatable bonds is 5. The molecule has 0 heterocycles. The fourth-order valence-corrected chi connectivity index (χ4v) is 1.10. The Balaban J connectivity index is 3.64. The van der Waals surface area contributed by atoms with Crippen molar-refractivity contribution in [2.75, 3.05) is 0 Å². The fraction of sp³-hybridized carbons (Fsp3) is 0.818. The molecular weight excluding hydrogens is 132 g/mol. The topological polar surface area (TPSA) is 0 Å². The van der Waals surface area contributed by atoms with E-state index in [0.29, 0.717) is 5.92 Å². The average Bonchev–Trinajstić information content (AvgIpc) is 1.98. The largest absolute Gasteiger partial charge is 0.0996 e. The molecule has 0 heteroatoms. The first-order chi connectivity index (χ1) is 5.09. The third kappa shape index (κ3) is 4.23. The molecule has 66 valence electrons. The Morgan fingerprint density at radius 3 is 2.18 bits per heavy atom. The summed E-state index contributed by atoms with van der Waals surface area (Å²) in [5.74, 6) is 1.45. The summed E-state index contributed by atoms with van der Waals surface area (Å²) < 4.78 is 0. The van der Waals surface area contributed by atoms with Gasteiger partial charge >= 0.3 is 0 Å². The summed E-state index contributed by atoms with van der Waals surface area (Å²) in [4.78, 5) is 0. The highest BCUT2D eigenvalue weighted by atomic mass is 14.1. The second-order valence-corrected chi connectivity index (χ2v) is 3.79. The minimum Gasteiger partial charge on any atom is -0.0996 e. The highest BCUT2D eigenvalue weighted by molar-refractivity contribution is 4.99. The normalized spacial score (nSPS) is 13.5. The highest BCUT2D eigenvalue weighted by Crippen LogP contribution is 2.22. The molecule has 11 heavy (non-hydrogen) atoms. The molecule has 0 aliphatic carbocycles. The van der Waals surface area contributed by atoms with Crippen molar-refractivity contribution in [3.05, 3.63) is 12.2 Å². The Kier molecular flexibility index (Phi) is 5.27. The van der Waals surface area contributed by atoms with Gasteiger partial charge < -0.3 is 0 Å². The van der Waals surface area contributed by atoms with E-state index in [1.165, 1.54) is 24.8 Å². The van der Waals surface area contributed by atoms with E-state index in [1.807, 2.05) is 0 Å². The minimum atomic E-state index is 0.696. The van der Waals surface area contributed by atoms with Crippen molar-refractivity contribution in [3.8, 4) is 0 Å². The maximum absolute atomic E-state index is 4.11. The van der Waals surface area contributed by atoms with Gasteiger partial charge in [0, 0.05) is 0 Å². The van der Waals surface area contributed by atoms with Gasteiger partial charge in [0.2, 0.25) is 0 Å². The predicted octanol–water partition coefficient (Wildman–Crippen LogP) is 4.02. The van der Waals surface area contributed by atoms with Crippen LogP contribution in [0.5, 0.6) is 0 Å². The maximum Gasteiger partial charge on any atom is -0.0211 e. The standard InChI is InChI=1S/C11H22/c1-6-7-8-10(4)11(5)9(2)3/h9,11H,4,6-8H2,1-3,5H3. The van der Waals surface area contributed by atoms with Crippen molar-refractivity contribution in [1.82, 2.24) is 0 Å².